The van der Waals surface area contributed by atoms with Gasteiger partial charge in [0.1, 0.15) is 0 Å². The highest BCUT2D eigenvalue weighted by molar-refractivity contribution is 6.00. The van der Waals surface area contributed by atoms with E-state index in [1.807, 2.05) is 0 Å². The van der Waals surface area contributed by atoms with Crippen molar-refractivity contribution in [1.82, 2.24) is 10.3 Å². The Balaban J connectivity index is 2.28. The lowest BCUT2D eigenvalue weighted by Crippen LogP contribution is -2.39. The summed E-state index contributed by atoms with van der Waals surface area (Å²) in [6, 6.07) is 1.41. The second-order valence-electron chi connectivity index (χ2n) is 3.88. The van der Waals surface area contributed by atoms with E-state index in [1.54, 1.807) is 0 Å². The number of nitrogens with one attached hydrogen (secondary N) is 1. The van der Waals surface area contributed by atoms with Crippen LogP contribution in [0.25, 0.3) is 0 Å². The van der Waals surface area contributed by atoms with Crippen LogP contribution in [0.5, 0.6) is 0 Å². The highest BCUT2D eigenvalue weighted by atomic mass is 19.1. The van der Waals surface area contributed by atoms with E-state index in [1.165, 1.54) is 12.3 Å². The van der Waals surface area contributed by atoms with Crippen LogP contribution in [0.3, 0.4) is 0 Å². The van der Waals surface area contributed by atoms with Crippen LogP contribution in [0.15, 0.2) is 12.3 Å². The van der Waals surface area contributed by atoms with Crippen molar-refractivity contribution in [3.63, 3.8) is 0 Å². The number of imide groups is 1. The van der Waals surface area contributed by atoms with Crippen molar-refractivity contribution in [3.8, 4) is 0 Å². The maximum Gasteiger partial charge on any atom is 0.234 e. The number of hydrogen-bond donors (Lipinski definition) is 2. The maximum absolute atomic E-state index is 13.1. The Labute approximate surface area is 96.7 Å². The number of aliphatic hydroxyl groups excluding tert-OH is 1. The number of carbonyl (C=O) groups excluding carboxylic acids is 2. The quantitative estimate of drug-likeness (QED) is 0.571. The van der Waals surface area contributed by atoms with Gasteiger partial charge in [0.2, 0.25) is 17.8 Å². The molecule has 2 amide bonds. The first kappa shape index (κ1) is 11.7. The Morgan fingerprint density at radius 3 is 2.94 bits per heavy atom. The van der Waals surface area contributed by atoms with Crippen molar-refractivity contribution in [2.24, 2.45) is 0 Å². The molecule has 0 spiro atoms. The normalized spacial score (nSPS) is 20.2. The first-order valence-electron chi connectivity index (χ1n) is 5.20. The molecule has 17 heavy (non-hydrogen) atoms. The zero-order chi connectivity index (χ0) is 12.4. The molecule has 1 aromatic heterocycles. The van der Waals surface area contributed by atoms with Crippen molar-refractivity contribution in [3.05, 3.63) is 29.3 Å². The summed E-state index contributed by atoms with van der Waals surface area (Å²) < 4.78 is 13.1. The first-order valence-corrected chi connectivity index (χ1v) is 5.20. The predicted octanol–water partition coefficient (Wildman–Crippen LogP) is 0.233. The molecule has 1 saturated heterocycles. The molecule has 2 N–H and O–H groups in total. The summed E-state index contributed by atoms with van der Waals surface area (Å²) in [5.74, 6) is -1.96. The van der Waals surface area contributed by atoms with E-state index in [2.05, 4.69) is 10.3 Å². The third-order valence-corrected chi connectivity index (χ3v) is 2.74. The Bertz CT molecular complexity index is 476. The highest BCUT2D eigenvalue weighted by Crippen LogP contribution is 2.25. The summed E-state index contributed by atoms with van der Waals surface area (Å²) in [6.45, 7) is -0.472. The molecule has 90 valence electrons. The second kappa shape index (κ2) is 4.58. The van der Waals surface area contributed by atoms with E-state index in [-0.39, 0.29) is 17.9 Å². The second-order valence-corrected chi connectivity index (χ2v) is 3.88. The van der Waals surface area contributed by atoms with Crippen LogP contribution in [-0.4, -0.2) is 21.9 Å². The van der Waals surface area contributed by atoms with Gasteiger partial charge in [-0.25, -0.2) is 4.98 Å². The molecule has 0 aromatic carbocycles. The van der Waals surface area contributed by atoms with E-state index in [0.717, 1.165) is 0 Å². The van der Waals surface area contributed by atoms with Gasteiger partial charge < -0.3 is 5.11 Å². The van der Waals surface area contributed by atoms with Crippen LogP contribution in [0.2, 0.25) is 0 Å². The summed E-state index contributed by atoms with van der Waals surface area (Å²) in [7, 11) is 0. The fraction of sp³-hybridized carbons (Fsp3) is 0.364. The molecule has 0 aliphatic carbocycles. The van der Waals surface area contributed by atoms with E-state index in [4.69, 9.17) is 5.11 Å². The number of amides is 2. The van der Waals surface area contributed by atoms with E-state index in [9.17, 15) is 14.0 Å². The number of piperidine rings is 1. The summed E-state index contributed by atoms with van der Waals surface area (Å²) in [4.78, 5) is 26.0. The van der Waals surface area contributed by atoms with Gasteiger partial charge >= 0.3 is 0 Å². The molecule has 2 rings (SSSR count). The standard InChI is InChI=1S/C11H11FN2O3/c12-10-7(5-15)3-6(4-13-10)8-1-2-9(16)14-11(8)17/h3-4,8,15H,1-2,5H2,(H,14,16,17). The van der Waals surface area contributed by atoms with Gasteiger partial charge in [-0.2, -0.15) is 4.39 Å². The molecule has 1 fully saturated rings. The Kier molecular flexibility index (Phi) is 3.14. The summed E-state index contributed by atoms with van der Waals surface area (Å²) in [6.07, 6.45) is 1.89. The molecule has 0 radical (unpaired) electrons. The van der Waals surface area contributed by atoms with E-state index < -0.39 is 24.4 Å². The molecule has 2 heterocycles. The molecule has 5 nitrogen and oxygen atoms in total. The summed E-state index contributed by atoms with van der Waals surface area (Å²) in [5, 5.41) is 11.1. The minimum atomic E-state index is -0.747. The average Bonchev–Trinajstić information content (AvgIpc) is 2.30. The molecular weight excluding hydrogens is 227 g/mol. The van der Waals surface area contributed by atoms with Crippen LogP contribution in [0.1, 0.15) is 29.9 Å². The zero-order valence-electron chi connectivity index (χ0n) is 8.94. The Hall–Kier alpha value is -1.82. The fourth-order valence-corrected chi connectivity index (χ4v) is 1.83. The zero-order valence-corrected chi connectivity index (χ0v) is 8.94. The third kappa shape index (κ3) is 2.31. The number of aromatic nitrogens is 1. The largest absolute Gasteiger partial charge is 0.392 e. The molecule has 1 aliphatic rings. The number of aliphatic hydroxyl groups is 1. The lowest BCUT2D eigenvalue weighted by molar-refractivity contribution is -0.134. The van der Waals surface area contributed by atoms with Gasteiger partial charge in [-0.3, -0.25) is 14.9 Å². The van der Waals surface area contributed by atoms with Crippen LogP contribution in [-0.2, 0) is 16.2 Å². The average molecular weight is 238 g/mol. The number of hydrogen-bond acceptors (Lipinski definition) is 4. The third-order valence-electron chi connectivity index (χ3n) is 2.74. The van der Waals surface area contributed by atoms with Crippen molar-refractivity contribution in [2.75, 3.05) is 0 Å². The van der Waals surface area contributed by atoms with Gasteiger partial charge in [0.05, 0.1) is 12.5 Å². The lowest BCUT2D eigenvalue weighted by Gasteiger charge is -2.21. The van der Waals surface area contributed by atoms with Gasteiger partial charge in [-0.05, 0) is 18.1 Å². The van der Waals surface area contributed by atoms with Crippen molar-refractivity contribution in [2.45, 2.75) is 25.4 Å². The van der Waals surface area contributed by atoms with Crippen molar-refractivity contribution < 1.29 is 19.1 Å². The SMILES string of the molecule is O=C1CCC(c2cnc(F)c(CO)c2)C(=O)N1. The van der Waals surface area contributed by atoms with E-state index >= 15 is 0 Å². The van der Waals surface area contributed by atoms with Crippen LogP contribution in [0.4, 0.5) is 4.39 Å². The first-order chi connectivity index (χ1) is 8.11. The monoisotopic (exact) mass is 238 g/mol. The smallest absolute Gasteiger partial charge is 0.234 e. The number of halogens is 1. The van der Waals surface area contributed by atoms with Gasteiger partial charge in [0.15, 0.2) is 0 Å². The van der Waals surface area contributed by atoms with Gasteiger partial charge in [-0.1, -0.05) is 0 Å². The van der Waals surface area contributed by atoms with Gasteiger partial charge in [0.25, 0.3) is 0 Å². The topological polar surface area (TPSA) is 79.3 Å². The van der Waals surface area contributed by atoms with Crippen LogP contribution < -0.4 is 5.32 Å². The highest BCUT2D eigenvalue weighted by Gasteiger charge is 2.28. The van der Waals surface area contributed by atoms with E-state index in [0.29, 0.717) is 12.0 Å². The van der Waals surface area contributed by atoms with Gasteiger partial charge in [0, 0.05) is 18.2 Å². The minimum absolute atomic E-state index is 0.0483. The summed E-state index contributed by atoms with van der Waals surface area (Å²) in [5.41, 5.74) is 0.563. The van der Waals surface area contributed by atoms with Crippen LogP contribution in [0, 0.1) is 5.95 Å². The van der Waals surface area contributed by atoms with Crippen molar-refractivity contribution >= 4 is 11.8 Å². The molecular formula is C11H11FN2O3. The number of nitrogens with zero attached hydrogens (tertiary/aromatic N) is 1. The van der Waals surface area contributed by atoms with Crippen molar-refractivity contribution in [1.29, 1.82) is 0 Å². The fourth-order valence-electron chi connectivity index (χ4n) is 1.83. The minimum Gasteiger partial charge on any atom is -0.392 e. The molecule has 0 saturated carbocycles. The maximum atomic E-state index is 13.1. The molecule has 0 bridgehead atoms. The number of carbonyl (C=O) groups is 2. The number of rotatable bonds is 2. The number of pyridine rings is 1. The van der Waals surface area contributed by atoms with Crippen LogP contribution >= 0.6 is 0 Å². The summed E-state index contributed by atoms with van der Waals surface area (Å²) >= 11 is 0. The Morgan fingerprint density at radius 2 is 2.29 bits per heavy atom. The van der Waals surface area contributed by atoms with Gasteiger partial charge in [-0.15, -0.1) is 0 Å². The molecule has 6 heteroatoms. The molecule has 1 unspecified atom stereocenters. The lowest BCUT2D eigenvalue weighted by atomic mass is 9.91. The predicted molar refractivity (Wildman–Crippen MR) is 55.2 cm³/mol. The molecule has 1 aliphatic heterocycles. The molecule has 1 atom stereocenters. The Morgan fingerprint density at radius 1 is 1.53 bits per heavy atom. The molecule has 1 aromatic rings.